The van der Waals surface area contributed by atoms with E-state index in [0.717, 1.165) is 44.5 Å². The van der Waals surface area contributed by atoms with Crippen LogP contribution in [0.1, 0.15) is 11.4 Å². The minimum Gasteiger partial charge on any atom is -0.488 e. The highest BCUT2D eigenvalue weighted by atomic mass is 35.5. The molecule has 0 saturated heterocycles. The Hall–Kier alpha value is -3.17. The van der Waals surface area contributed by atoms with Crippen LogP contribution in [0.25, 0.3) is 22.4 Å². The van der Waals surface area contributed by atoms with Crippen LogP contribution in [0.4, 0.5) is 0 Å². The number of benzene rings is 3. The quantitative estimate of drug-likeness (QED) is 0.400. The van der Waals surface area contributed by atoms with Gasteiger partial charge in [-0.1, -0.05) is 60.1 Å². The third-order valence-corrected chi connectivity index (χ3v) is 4.72. The van der Waals surface area contributed by atoms with Crippen LogP contribution in [-0.2, 0) is 6.61 Å². The number of hydrogen-bond donors (Lipinski definition) is 0. The lowest BCUT2D eigenvalue weighted by Gasteiger charge is -2.12. The molecule has 0 fully saturated rings. The monoisotopic (exact) mass is 386 g/mol. The van der Waals surface area contributed by atoms with Crippen LogP contribution in [0.2, 0.25) is 5.02 Å². The molecule has 4 aromatic rings. The molecule has 1 aromatic heterocycles. The summed E-state index contributed by atoms with van der Waals surface area (Å²) in [6, 6.07) is 26.1. The average molecular weight is 387 g/mol. The molecule has 0 aliphatic rings. The SMILES string of the molecule is Cc1nccc(-c2ccccc2OCc2ccc(-c3ccc(Cl)cc3)cc2)n1. The van der Waals surface area contributed by atoms with Crippen LogP contribution in [-0.4, -0.2) is 9.97 Å². The van der Waals surface area contributed by atoms with E-state index in [0.29, 0.717) is 6.61 Å². The third-order valence-electron chi connectivity index (χ3n) is 4.46. The largest absolute Gasteiger partial charge is 0.488 e. The maximum absolute atomic E-state index is 6.10. The van der Waals surface area contributed by atoms with Gasteiger partial charge < -0.3 is 4.74 Å². The van der Waals surface area contributed by atoms with Gasteiger partial charge in [-0.25, -0.2) is 9.97 Å². The molecule has 1 heterocycles. The van der Waals surface area contributed by atoms with E-state index in [1.807, 2.05) is 61.5 Å². The van der Waals surface area contributed by atoms with E-state index < -0.39 is 0 Å². The van der Waals surface area contributed by atoms with Crippen molar-refractivity contribution in [2.24, 2.45) is 0 Å². The van der Waals surface area contributed by atoms with Gasteiger partial charge in [0.15, 0.2) is 0 Å². The van der Waals surface area contributed by atoms with E-state index in [2.05, 4.69) is 34.2 Å². The molecule has 4 heteroatoms. The molecule has 0 radical (unpaired) electrons. The van der Waals surface area contributed by atoms with Gasteiger partial charge in [0.25, 0.3) is 0 Å². The van der Waals surface area contributed by atoms with Gasteiger partial charge in [-0.05, 0) is 53.9 Å². The summed E-state index contributed by atoms with van der Waals surface area (Å²) in [5.41, 5.74) is 5.22. The highest BCUT2D eigenvalue weighted by Crippen LogP contribution is 2.29. The standard InChI is InChI=1S/C24H19ClN2O/c1-17-26-15-14-23(27-17)22-4-2-3-5-24(22)28-16-18-6-8-19(9-7-18)20-10-12-21(25)13-11-20/h2-15H,16H2,1H3. The summed E-state index contributed by atoms with van der Waals surface area (Å²) < 4.78 is 6.10. The molecule has 0 bridgehead atoms. The Morgan fingerprint density at radius 1 is 0.821 bits per heavy atom. The molecule has 3 nitrogen and oxygen atoms in total. The first-order valence-corrected chi connectivity index (χ1v) is 9.43. The Labute approximate surface area is 169 Å². The smallest absolute Gasteiger partial charge is 0.129 e. The van der Waals surface area contributed by atoms with Crippen LogP contribution < -0.4 is 4.74 Å². The zero-order chi connectivity index (χ0) is 19.3. The first kappa shape index (κ1) is 18.2. The fourth-order valence-electron chi connectivity index (χ4n) is 3.01. The average Bonchev–Trinajstić information content (AvgIpc) is 2.73. The Morgan fingerprint density at radius 3 is 2.21 bits per heavy atom. The van der Waals surface area contributed by atoms with Crippen molar-refractivity contribution >= 4 is 11.6 Å². The number of ether oxygens (including phenoxy) is 1. The second-order valence-corrected chi connectivity index (χ2v) is 6.91. The number of aryl methyl sites for hydroxylation is 1. The number of rotatable bonds is 5. The topological polar surface area (TPSA) is 35.0 Å². The molecule has 0 spiro atoms. The molecule has 28 heavy (non-hydrogen) atoms. The number of aromatic nitrogens is 2. The molecule has 0 amide bonds. The lowest BCUT2D eigenvalue weighted by molar-refractivity contribution is 0.307. The zero-order valence-electron chi connectivity index (χ0n) is 15.5. The van der Waals surface area contributed by atoms with Gasteiger partial charge in [0, 0.05) is 16.8 Å². The van der Waals surface area contributed by atoms with Crippen LogP contribution in [0.5, 0.6) is 5.75 Å². The molecule has 4 rings (SSSR count). The Balaban J connectivity index is 1.50. The Morgan fingerprint density at radius 2 is 1.50 bits per heavy atom. The summed E-state index contributed by atoms with van der Waals surface area (Å²) >= 11 is 5.96. The van der Waals surface area contributed by atoms with Gasteiger partial charge >= 0.3 is 0 Å². The lowest BCUT2D eigenvalue weighted by atomic mass is 10.0. The summed E-state index contributed by atoms with van der Waals surface area (Å²) in [6.45, 7) is 2.37. The molecule has 0 saturated carbocycles. The van der Waals surface area contributed by atoms with Crippen molar-refractivity contribution in [1.29, 1.82) is 0 Å². The van der Waals surface area contributed by atoms with E-state index in [1.54, 1.807) is 6.20 Å². The highest BCUT2D eigenvalue weighted by molar-refractivity contribution is 6.30. The maximum Gasteiger partial charge on any atom is 0.129 e. The van der Waals surface area contributed by atoms with Gasteiger partial charge in [-0.15, -0.1) is 0 Å². The van der Waals surface area contributed by atoms with Crippen molar-refractivity contribution < 1.29 is 4.74 Å². The van der Waals surface area contributed by atoms with Crippen LogP contribution in [0.3, 0.4) is 0 Å². The van der Waals surface area contributed by atoms with Crippen molar-refractivity contribution in [2.75, 3.05) is 0 Å². The fourth-order valence-corrected chi connectivity index (χ4v) is 3.13. The van der Waals surface area contributed by atoms with Gasteiger partial charge in [0.1, 0.15) is 18.2 Å². The molecule has 3 aromatic carbocycles. The van der Waals surface area contributed by atoms with E-state index in [4.69, 9.17) is 16.3 Å². The second kappa shape index (κ2) is 8.24. The molecule has 0 unspecified atom stereocenters. The van der Waals surface area contributed by atoms with Gasteiger partial charge in [-0.3, -0.25) is 0 Å². The van der Waals surface area contributed by atoms with Gasteiger partial charge in [-0.2, -0.15) is 0 Å². The summed E-state index contributed by atoms with van der Waals surface area (Å²) in [6.07, 6.45) is 1.77. The Bertz CT molecular complexity index is 1080. The van der Waals surface area contributed by atoms with Crippen molar-refractivity contribution in [3.63, 3.8) is 0 Å². The summed E-state index contributed by atoms with van der Waals surface area (Å²) in [4.78, 5) is 8.68. The van der Waals surface area contributed by atoms with Crippen molar-refractivity contribution in [1.82, 2.24) is 9.97 Å². The minimum absolute atomic E-state index is 0.488. The van der Waals surface area contributed by atoms with Crippen molar-refractivity contribution in [3.8, 4) is 28.1 Å². The van der Waals surface area contributed by atoms with Crippen LogP contribution >= 0.6 is 11.6 Å². The predicted molar refractivity (Wildman–Crippen MR) is 113 cm³/mol. The molecule has 0 N–H and O–H groups in total. The van der Waals surface area contributed by atoms with E-state index in [1.165, 1.54) is 0 Å². The summed E-state index contributed by atoms with van der Waals surface area (Å²) in [5.74, 6) is 1.55. The summed E-state index contributed by atoms with van der Waals surface area (Å²) in [7, 11) is 0. The maximum atomic E-state index is 6.10. The normalized spacial score (nSPS) is 10.6. The van der Waals surface area contributed by atoms with E-state index in [-0.39, 0.29) is 0 Å². The lowest BCUT2D eigenvalue weighted by Crippen LogP contribution is -1.98. The van der Waals surface area contributed by atoms with Crippen LogP contribution in [0, 0.1) is 6.92 Å². The molecule has 0 atom stereocenters. The number of halogens is 1. The molecule has 138 valence electrons. The van der Waals surface area contributed by atoms with E-state index >= 15 is 0 Å². The predicted octanol–water partition coefficient (Wildman–Crippen LogP) is 6.35. The fraction of sp³-hybridized carbons (Fsp3) is 0.0833. The minimum atomic E-state index is 0.488. The third kappa shape index (κ3) is 4.21. The zero-order valence-corrected chi connectivity index (χ0v) is 16.2. The van der Waals surface area contributed by atoms with Gasteiger partial charge in [0.05, 0.1) is 5.69 Å². The molecular formula is C24H19ClN2O. The molecule has 0 aliphatic heterocycles. The number of nitrogens with zero attached hydrogens (tertiary/aromatic N) is 2. The Kier molecular flexibility index (Phi) is 5.36. The van der Waals surface area contributed by atoms with Crippen molar-refractivity contribution in [2.45, 2.75) is 13.5 Å². The highest BCUT2D eigenvalue weighted by Gasteiger charge is 2.08. The second-order valence-electron chi connectivity index (χ2n) is 6.48. The van der Waals surface area contributed by atoms with Crippen molar-refractivity contribution in [3.05, 3.63) is 101 Å². The van der Waals surface area contributed by atoms with E-state index in [9.17, 15) is 0 Å². The van der Waals surface area contributed by atoms with Crippen LogP contribution in [0.15, 0.2) is 85.1 Å². The summed E-state index contributed by atoms with van der Waals surface area (Å²) in [5, 5.41) is 0.742. The number of hydrogen-bond acceptors (Lipinski definition) is 3. The van der Waals surface area contributed by atoms with Gasteiger partial charge in [0.2, 0.25) is 0 Å². The number of para-hydroxylation sites is 1. The molecular weight excluding hydrogens is 368 g/mol. The first-order chi connectivity index (χ1) is 13.7. The first-order valence-electron chi connectivity index (χ1n) is 9.06. The molecule has 0 aliphatic carbocycles.